The van der Waals surface area contributed by atoms with E-state index in [4.69, 9.17) is 0 Å². The molecule has 0 amide bonds. The number of hydrogen-bond acceptors (Lipinski definition) is 2. The molecule has 1 aliphatic rings. The van der Waals surface area contributed by atoms with Crippen molar-refractivity contribution in [3.05, 3.63) is 35.4 Å². The molecule has 0 spiro atoms. The third kappa shape index (κ3) is 4.88. The van der Waals surface area contributed by atoms with Crippen molar-refractivity contribution in [3.63, 3.8) is 0 Å². The highest BCUT2D eigenvalue weighted by Crippen LogP contribution is 2.20. The van der Waals surface area contributed by atoms with Gasteiger partial charge in [-0.2, -0.15) is 0 Å². The fourth-order valence-corrected chi connectivity index (χ4v) is 2.98. The fourth-order valence-electron chi connectivity index (χ4n) is 2.98. The van der Waals surface area contributed by atoms with Crippen molar-refractivity contribution < 1.29 is 13.6 Å². The van der Waals surface area contributed by atoms with E-state index in [1.54, 1.807) is 0 Å². The lowest BCUT2D eigenvalue weighted by molar-refractivity contribution is 0.0963. The average molecular weight is 295 g/mol. The van der Waals surface area contributed by atoms with Crippen molar-refractivity contribution in [2.24, 2.45) is 5.92 Å². The number of rotatable bonds is 5. The van der Waals surface area contributed by atoms with E-state index in [1.807, 2.05) is 0 Å². The van der Waals surface area contributed by atoms with Crippen LogP contribution in [-0.4, -0.2) is 30.3 Å². The van der Waals surface area contributed by atoms with Crippen LogP contribution in [0.15, 0.2) is 18.2 Å². The number of likely N-dealkylation sites (tertiary alicyclic amines) is 1. The molecule has 2 rings (SSSR count). The molecule has 0 N–H and O–H groups in total. The molecule has 0 saturated carbocycles. The molecule has 1 saturated heterocycles. The Morgan fingerprint density at radius 3 is 2.57 bits per heavy atom. The molecule has 1 atom stereocenters. The van der Waals surface area contributed by atoms with Crippen molar-refractivity contribution in [1.29, 1.82) is 0 Å². The summed E-state index contributed by atoms with van der Waals surface area (Å²) < 4.78 is 26.2. The Balaban J connectivity index is 1.86. The second-order valence-corrected chi connectivity index (χ2v) is 5.88. The summed E-state index contributed by atoms with van der Waals surface area (Å²) in [5.41, 5.74) is 0.133. The highest BCUT2D eigenvalue weighted by molar-refractivity contribution is 5.96. The maximum Gasteiger partial charge on any atom is 0.164 e. The molecule has 0 aromatic heterocycles. The van der Waals surface area contributed by atoms with Gasteiger partial charge in [-0.15, -0.1) is 0 Å². The van der Waals surface area contributed by atoms with Gasteiger partial charge in [-0.3, -0.25) is 4.79 Å². The molecule has 1 fully saturated rings. The molecular weight excluding hydrogens is 272 g/mol. The minimum atomic E-state index is -0.695. The van der Waals surface area contributed by atoms with Crippen LogP contribution in [0.1, 0.15) is 49.4 Å². The summed E-state index contributed by atoms with van der Waals surface area (Å²) in [6.45, 7) is 4.93. The lowest BCUT2D eigenvalue weighted by Gasteiger charge is -2.19. The molecule has 1 heterocycles. The standard InChI is InChI=1S/C17H23F2NO/c1-2-13-4-3-7-20(8-5-13)9-6-17(21)14-10-15(18)12-16(19)11-14/h10-13H,2-9H2,1H3. The van der Waals surface area contributed by atoms with Gasteiger partial charge < -0.3 is 4.90 Å². The highest BCUT2D eigenvalue weighted by atomic mass is 19.1. The van der Waals surface area contributed by atoms with Crippen molar-refractivity contribution in [3.8, 4) is 0 Å². The molecule has 21 heavy (non-hydrogen) atoms. The van der Waals surface area contributed by atoms with Gasteiger partial charge in [0.15, 0.2) is 5.78 Å². The zero-order chi connectivity index (χ0) is 15.2. The molecule has 0 bridgehead atoms. The smallest absolute Gasteiger partial charge is 0.164 e. The summed E-state index contributed by atoms with van der Waals surface area (Å²) in [4.78, 5) is 14.3. The van der Waals surface area contributed by atoms with Gasteiger partial charge in [0.25, 0.3) is 0 Å². The number of hydrogen-bond donors (Lipinski definition) is 0. The number of carbonyl (C=O) groups excluding carboxylic acids is 1. The summed E-state index contributed by atoms with van der Waals surface area (Å²) in [5, 5.41) is 0. The van der Waals surface area contributed by atoms with Crippen molar-refractivity contribution in [2.75, 3.05) is 19.6 Å². The van der Waals surface area contributed by atoms with E-state index in [2.05, 4.69) is 11.8 Å². The number of carbonyl (C=O) groups is 1. The first-order valence-electron chi connectivity index (χ1n) is 7.80. The zero-order valence-electron chi connectivity index (χ0n) is 12.6. The van der Waals surface area contributed by atoms with E-state index in [-0.39, 0.29) is 11.3 Å². The number of nitrogens with zero attached hydrogens (tertiary/aromatic N) is 1. The van der Waals surface area contributed by atoms with Crippen molar-refractivity contribution in [2.45, 2.75) is 39.0 Å². The molecule has 2 nitrogen and oxygen atoms in total. The number of Topliss-reactive ketones (excluding diaryl/α,β-unsaturated/α-hetero) is 1. The third-order valence-corrected chi connectivity index (χ3v) is 4.36. The van der Waals surface area contributed by atoms with Gasteiger partial charge in [-0.25, -0.2) is 8.78 Å². The van der Waals surface area contributed by atoms with Gasteiger partial charge >= 0.3 is 0 Å². The topological polar surface area (TPSA) is 20.3 Å². The van der Waals surface area contributed by atoms with Crippen LogP contribution < -0.4 is 0 Å². The first-order chi connectivity index (χ1) is 10.1. The fraction of sp³-hybridized carbons (Fsp3) is 0.588. The van der Waals surface area contributed by atoms with E-state index < -0.39 is 11.6 Å². The van der Waals surface area contributed by atoms with Crippen LogP contribution in [0.25, 0.3) is 0 Å². The lowest BCUT2D eigenvalue weighted by atomic mass is 9.98. The highest BCUT2D eigenvalue weighted by Gasteiger charge is 2.17. The molecular formula is C17H23F2NO. The van der Waals surface area contributed by atoms with Crippen molar-refractivity contribution >= 4 is 5.78 Å². The Labute approximate surface area is 125 Å². The van der Waals surface area contributed by atoms with E-state index in [1.165, 1.54) is 25.7 Å². The number of ketones is 1. The Bertz CT molecular complexity index is 469. The van der Waals surface area contributed by atoms with Gasteiger partial charge in [0, 0.05) is 24.6 Å². The lowest BCUT2D eigenvalue weighted by Crippen LogP contribution is -2.27. The van der Waals surface area contributed by atoms with Crippen LogP contribution in [0.5, 0.6) is 0 Å². The normalized spacial score (nSPS) is 20.2. The molecule has 0 aliphatic carbocycles. The zero-order valence-corrected chi connectivity index (χ0v) is 12.6. The first-order valence-corrected chi connectivity index (χ1v) is 7.80. The Kier molecular flexibility index (Phi) is 5.85. The first kappa shape index (κ1) is 16.1. The van der Waals surface area contributed by atoms with Crippen LogP contribution >= 0.6 is 0 Å². The average Bonchev–Trinajstić information content (AvgIpc) is 2.68. The minimum Gasteiger partial charge on any atom is -0.303 e. The van der Waals surface area contributed by atoms with Gasteiger partial charge in [0.05, 0.1) is 0 Å². The molecule has 1 aromatic carbocycles. The number of benzene rings is 1. The maximum atomic E-state index is 13.1. The summed E-state index contributed by atoms with van der Waals surface area (Å²) in [7, 11) is 0. The van der Waals surface area contributed by atoms with Gasteiger partial charge in [-0.1, -0.05) is 13.3 Å². The Hall–Kier alpha value is -1.29. The number of halogens is 2. The molecule has 1 unspecified atom stereocenters. The summed E-state index contributed by atoms with van der Waals surface area (Å²) in [6.07, 6.45) is 5.14. The monoisotopic (exact) mass is 295 g/mol. The van der Waals surface area contributed by atoms with Crippen molar-refractivity contribution in [1.82, 2.24) is 4.90 Å². The molecule has 116 valence electrons. The maximum absolute atomic E-state index is 13.1. The second-order valence-electron chi connectivity index (χ2n) is 5.88. The third-order valence-electron chi connectivity index (χ3n) is 4.36. The van der Waals surface area contributed by atoms with E-state index in [0.717, 1.165) is 37.2 Å². The summed E-state index contributed by atoms with van der Waals surface area (Å²) in [5.74, 6) is -0.787. The second kappa shape index (κ2) is 7.64. The predicted octanol–water partition coefficient (Wildman–Crippen LogP) is 4.05. The molecule has 1 aromatic rings. The van der Waals surface area contributed by atoms with Gasteiger partial charge in [0.2, 0.25) is 0 Å². The summed E-state index contributed by atoms with van der Waals surface area (Å²) >= 11 is 0. The van der Waals surface area contributed by atoms with Crippen LogP contribution in [-0.2, 0) is 0 Å². The van der Waals surface area contributed by atoms with Gasteiger partial charge in [0.1, 0.15) is 11.6 Å². The predicted molar refractivity (Wildman–Crippen MR) is 79.4 cm³/mol. The Morgan fingerprint density at radius 2 is 1.90 bits per heavy atom. The minimum absolute atomic E-state index is 0.133. The SMILES string of the molecule is CCC1CCCN(CCC(=O)c2cc(F)cc(F)c2)CC1. The Morgan fingerprint density at radius 1 is 1.19 bits per heavy atom. The van der Waals surface area contributed by atoms with E-state index in [9.17, 15) is 13.6 Å². The summed E-state index contributed by atoms with van der Waals surface area (Å²) in [6, 6.07) is 3.01. The largest absolute Gasteiger partial charge is 0.303 e. The van der Waals surface area contributed by atoms with E-state index in [0.29, 0.717) is 13.0 Å². The van der Waals surface area contributed by atoms with Crippen LogP contribution in [0.2, 0.25) is 0 Å². The van der Waals surface area contributed by atoms with Crippen LogP contribution in [0.3, 0.4) is 0 Å². The quantitative estimate of drug-likeness (QED) is 0.764. The van der Waals surface area contributed by atoms with Crippen LogP contribution in [0, 0.1) is 17.6 Å². The van der Waals surface area contributed by atoms with E-state index >= 15 is 0 Å². The molecule has 4 heteroatoms. The van der Waals surface area contributed by atoms with Gasteiger partial charge in [-0.05, 0) is 50.4 Å². The molecule has 0 radical (unpaired) electrons. The molecule has 1 aliphatic heterocycles. The van der Waals surface area contributed by atoms with Crippen LogP contribution in [0.4, 0.5) is 8.78 Å².